The lowest BCUT2D eigenvalue weighted by molar-refractivity contribution is -0.139. The molecule has 1 rings (SSSR count). The molecule has 1 aromatic carbocycles. The Bertz CT molecular complexity index is 402. The van der Waals surface area contributed by atoms with Crippen LogP contribution in [0.3, 0.4) is 0 Å². The van der Waals surface area contributed by atoms with Gasteiger partial charge in [-0.3, -0.25) is 9.59 Å². The molecule has 0 fully saturated rings. The first kappa shape index (κ1) is 12.0. The van der Waals surface area contributed by atoms with Crippen molar-refractivity contribution in [2.45, 2.75) is 6.42 Å². The van der Waals surface area contributed by atoms with Gasteiger partial charge in [0.2, 0.25) is 0 Å². The van der Waals surface area contributed by atoms with Crippen molar-refractivity contribution in [3.63, 3.8) is 0 Å². The van der Waals surface area contributed by atoms with Crippen LogP contribution in [0.4, 0.5) is 0 Å². The Morgan fingerprint density at radius 2 is 2.13 bits per heavy atom. The van der Waals surface area contributed by atoms with Crippen LogP contribution in [0.5, 0.6) is 0 Å². The molecule has 0 N–H and O–H groups in total. The molecule has 0 spiro atoms. The van der Waals surface area contributed by atoms with Crippen LogP contribution in [0.15, 0.2) is 12.1 Å². The Morgan fingerprint density at radius 3 is 2.67 bits per heavy atom. The minimum atomic E-state index is -0.456. The number of esters is 1. The number of carbonyl (C=O) groups is 2. The Kier molecular flexibility index (Phi) is 4.12. The van der Waals surface area contributed by atoms with Crippen LogP contribution in [0.1, 0.15) is 15.9 Å². The summed E-state index contributed by atoms with van der Waals surface area (Å²) in [7, 11) is 1.27. The summed E-state index contributed by atoms with van der Waals surface area (Å²) in [6, 6.07) is 2.94. The van der Waals surface area contributed by atoms with Crippen molar-refractivity contribution in [3.05, 3.63) is 33.3 Å². The molecule has 0 saturated heterocycles. The number of hydrogen-bond acceptors (Lipinski definition) is 3. The molecule has 0 heterocycles. The van der Waals surface area contributed by atoms with E-state index < -0.39 is 5.97 Å². The molecule has 0 amide bonds. The van der Waals surface area contributed by atoms with Crippen LogP contribution in [0, 0.1) is 0 Å². The minimum Gasteiger partial charge on any atom is -0.469 e. The lowest BCUT2D eigenvalue weighted by Crippen LogP contribution is -2.07. The predicted molar refractivity (Wildman–Crippen MR) is 57.6 cm³/mol. The number of carbonyl (C=O) groups excluding carboxylic acids is 2. The predicted octanol–water partition coefficient (Wildman–Crippen LogP) is 2.52. The van der Waals surface area contributed by atoms with Gasteiger partial charge in [-0.25, -0.2) is 0 Å². The summed E-state index contributed by atoms with van der Waals surface area (Å²) in [5.74, 6) is -0.456. The molecule has 15 heavy (non-hydrogen) atoms. The normalized spacial score (nSPS) is 9.80. The standard InChI is InChI=1S/C10H8Cl2O3/c1-15-10(14)4-8-6(5-13)2-7(11)3-9(8)12/h2-3,5H,4H2,1H3. The number of rotatable bonds is 3. The number of aldehydes is 1. The van der Waals surface area contributed by atoms with Gasteiger partial charge in [-0.15, -0.1) is 0 Å². The molecule has 0 saturated carbocycles. The summed E-state index contributed by atoms with van der Waals surface area (Å²) in [5.41, 5.74) is 0.737. The van der Waals surface area contributed by atoms with E-state index >= 15 is 0 Å². The Balaban J connectivity index is 3.15. The summed E-state index contributed by atoms with van der Waals surface area (Å²) in [6.45, 7) is 0. The van der Waals surface area contributed by atoms with Crippen molar-refractivity contribution in [2.24, 2.45) is 0 Å². The van der Waals surface area contributed by atoms with Gasteiger partial charge in [-0.2, -0.15) is 0 Å². The molecular weight excluding hydrogens is 239 g/mol. The zero-order valence-corrected chi connectivity index (χ0v) is 9.43. The molecule has 0 atom stereocenters. The largest absolute Gasteiger partial charge is 0.469 e. The maximum absolute atomic E-state index is 11.1. The van der Waals surface area contributed by atoms with E-state index in [4.69, 9.17) is 23.2 Å². The van der Waals surface area contributed by atoms with Gasteiger partial charge in [0, 0.05) is 15.6 Å². The quantitative estimate of drug-likeness (QED) is 0.608. The van der Waals surface area contributed by atoms with E-state index in [0.29, 0.717) is 22.4 Å². The molecule has 80 valence electrons. The highest BCUT2D eigenvalue weighted by atomic mass is 35.5. The van der Waals surface area contributed by atoms with Crippen molar-refractivity contribution in [2.75, 3.05) is 7.11 Å². The third-order valence-electron chi connectivity index (χ3n) is 1.87. The van der Waals surface area contributed by atoms with Gasteiger partial charge in [-0.1, -0.05) is 23.2 Å². The first-order valence-electron chi connectivity index (χ1n) is 4.08. The number of methoxy groups -OCH3 is 1. The molecule has 5 heteroatoms. The smallest absolute Gasteiger partial charge is 0.310 e. The molecule has 0 radical (unpaired) electrons. The minimum absolute atomic E-state index is 0.0411. The van der Waals surface area contributed by atoms with Crippen molar-refractivity contribution in [3.8, 4) is 0 Å². The number of halogens is 2. The molecule has 0 aliphatic rings. The van der Waals surface area contributed by atoms with Crippen LogP contribution in [0.2, 0.25) is 10.0 Å². The van der Waals surface area contributed by atoms with Gasteiger partial charge in [0.05, 0.1) is 13.5 Å². The maximum Gasteiger partial charge on any atom is 0.310 e. The van der Waals surface area contributed by atoms with Crippen LogP contribution >= 0.6 is 23.2 Å². The zero-order chi connectivity index (χ0) is 11.4. The number of ether oxygens (including phenoxy) is 1. The highest BCUT2D eigenvalue weighted by Gasteiger charge is 2.12. The van der Waals surface area contributed by atoms with Crippen LogP contribution in [0.25, 0.3) is 0 Å². The molecular formula is C10H8Cl2O3. The van der Waals surface area contributed by atoms with Crippen molar-refractivity contribution >= 4 is 35.5 Å². The van der Waals surface area contributed by atoms with Gasteiger partial charge in [-0.05, 0) is 17.7 Å². The third-order valence-corrected chi connectivity index (χ3v) is 2.43. The Labute approximate surface area is 96.9 Å². The average molecular weight is 247 g/mol. The van der Waals surface area contributed by atoms with Crippen LogP contribution < -0.4 is 0 Å². The van der Waals surface area contributed by atoms with Crippen molar-refractivity contribution in [1.82, 2.24) is 0 Å². The van der Waals surface area contributed by atoms with Crippen molar-refractivity contribution in [1.29, 1.82) is 0 Å². The summed E-state index contributed by atoms with van der Waals surface area (Å²) in [4.78, 5) is 21.8. The van der Waals surface area contributed by atoms with Gasteiger partial charge >= 0.3 is 5.97 Å². The van der Waals surface area contributed by atoms with E-state index in [1.165, 1.54) is 19.2 Å². The summed E-state index contributed by atoms with van der Waals surface area (Å²) in [6.07, 6.45) is 0.566. The lowest BCUT2D eigenvalue weighted by Gasteiger charge is -2.06. The fourth-order valence-corrected chi connectivity index (χ4v) is 1.71. The van der Waals surface area contributed by atoms with Gasteiger partial charge in [0.25, 0.3) is 0 Å². The average Bonchev–Trinajstić information content (AvgIpc) is 2.21. The molecule has 1 aromatic rings. The van der Waals surface area contributed by atoms with Gasteiger partial charge in [0.1, 0.15) is 6.29 Å². The molecule has 0 aliphatic heterocycles. The topological polar surface area (TPSA) is 43.4 Å². The Morgan fingerprint density at radius 1 is 1.47 bits per heavy atom. The SMILES string of the molecule is COC(=O)Cc1c(Cl)cc(Cl)cc1C=O. The zero-order valence-electron chi connectivity index (χ0n) is 7.92. The monoisotopic (exact) mass is 246 g/mol. The summed E-state index contributed by atoms with van der Waals surface area (Å²) in [5, 5.41) is 0.644. The van der Waals surface area contributed by atoms with E-state index in [2.05, 4.69) is 4.74 Å². The van der Waals surface area contributed by atoms with Gasteiger partial charge < -0.3 is 4.74 Å². The highest BCUT2D eigenvalue weighted by molar-refractivity contribution is 6.35. The van der Waals surface area contributed by atoms with E-state index in [1.54, 1.807) is 0 Å². The van der Waals surface area contributed by atoms with Crippen LogP contribution in [-0.4, -0.2) is 19.4 Å². The van der Waals surface area contributed by atoms with E-state index in [9.17, 15) is 9.59 Å². The molecule has 0 aromatic heterocycles. The second kappa shape index (κ2) is 5.14. The highest BCUT2D eigenvalue weighted by Crippen LogP contribution is 2.25. The van der Waals surface area contributed by atoms with E-state index in [0.717, 1.165) is 0 Å². The molecule has 0 aliphatic carbocycles. The fourth-order valence-electron chi connectivity index (χ4n) is 1.13. The van der Waals surface area contributed by atoms with E-state index in [1.807, 2.05) is 0 Å². The third kappa shape index (κ3) is 2.94. The lowest BCUT2D eigenvalue weighted by atomic mass is 10.1. The van der Waals surface area contributed by atoms with Crippen molar-refractivity contribution < 1.29 is 14.3 Å². The fraction of sp³-hybridized carbons (Fsp3) is 0.200. The second-order valence-electron chi connectivity index (χ2n) is 2.83. The maximum atomic E-state index is 11.1. The molecule has 3 nitrogen and oxygen atoms in total. The van der Waals surface area contributed by atoms with Gasteiger partial charge in [0.15, 0.2) is 0 Å². The first-order valence-corrected chi connectivity index (χ1v) is 4.84. The number of benzene rings is 1. The number of hydrogen-bond donors (Lipinski definition) is 0. The molecule has 0 unspecified atom stereocenters. The summed E-state index contributed by atoms with van der Waals surface area (Å²) >= 11 is 11.6. The van der Waals surface area contributed by atoms with Crippen LogP contribution in [-0.2, 0) is 16.0 Å². The second-order valence-corrected chi connectivity index (χ2v) is 3.67. The summed E-state index contributed by atoms with van der Waals surface area (Å²) < 4.78 is 4.49. The van der Waals surface area contributed by atoms with E-state index in [-0.39, 0.29) is 11.4 Å². The Hall–Kier alpha value is -1.06. The first-order chi connectivity index (χ1) is 7.08. The molecule has 0 bridgehead atoms.